The van der Waals surface area contributed by atoms with Crippen molar-refractivity contribution < 1.29 is 19.6 Å². The number of nitrogens with zero attached hydrogens (tertiary/aromatic N) is 1. The molecule has 0 radical (unpaired) electrons. The summed E-state index contributed by atoms with van der Waals surface area (Å²) in [6.07, 6.45) is 7.72. The number of para-hydroxylation sites is 2. The van der Waals surface area contributed by atoms with E-state index in [0.29, 0.717) is 5.02 Å². The van der Waals surface area contributed by atoms with Gasteiger partial charge in [-0.1, -0.05) is 36.6 Å². The molecule has 1 aromatic heterocycles. The number of halogens is 1. The molecule has 2 aliphatic rings. The van der Waals surface area contributed by atoms with Gasteiger partial charge in [-0.3, -0.25) is 4.98 Å². The molecule has 1 atom stereocenters. The van der Waals surface area contributed by atoms with Crippen molar-refractivity contribution in [2.24, 2.45) is 0 Å². The summed E-state index contributed by atoms with van der Waals surface area (Å²) in [6.45, 7) is 3.78. The van der Waals surface area contributed by atoms with Gasteiger partial charge in [0.05, 0.1) is 22.9 Å². The molecule has 5 rings (SSSR count). The molecule has 34 heavy (non-hydrogen) atoms. The summed E-state index contributed by atoms with van der Waals surface area (Å²) in [4.78, 5) is 27.7. The lowest BCUT2D eigenvalue weighted by Crippen LogP contribution is -2.55. The van der Waals surface area contributed by atoms with Crippen LogP contribution in [0.2, 0.25) is 5.02 Å². The Bertz CT molecular complexity index is 1140. The molecule has 2 heterocycles. The molecule has 1 aliphatic heterocycles. The van der Waals surface area contributed by atoms with Gasteiger partial charge in [-0.05, 0) is 63.1 Å². The molecule has 2 N–H and O–H groups in total. The number of nitrogens with one attached hydrogen (secondary N) is 2. The zero-order valence-corrected chi connectivity index (χ0v) is 20.2. The molecule has 1 unspecified atom stereocenters. The predicted octanol–water partition coefficient (Wildman–Crippen LogP) is 7.11. The Morgan fingerprint density at radius 1 is 0.882 bits per heavy atom. The van der Waals surface area contributed by atoms with E-state index in [4.69, 9.17) is 31.2 Å². The predicted molar refractivity (Wildman–Crippen MR) is 133 cm³/mol. The highest BCUT2D eigenvalue weighted by atomic mass is 35.5. The topological polar surface area (TPSA) is 73.9 Å². The molecule has 1 spiro atoms. The van der Waals surface area contributed by atoms with Crippen LogP contribution in [0.25, 0.3) is 10.9 Å². The minimum Gasteiger partial charge on any atom is -0.375 e. The number of anilines is 3. The van der Waals surface area contributed by atoms with Crippen molar-refractivity contribution in [3.63, 3.8) is 0 Å². The highest BCUT2D eigenvalue weighted by Gasteiger charge is 2.49. The fraction of sp³-hybridized carbons (Fsp3) is 0.423. The first-order valence-electron chi connectivity index (χ1n) is 11.9. The van der Waals surface area contributed by atoms with E-state index in [1.54, 1.807) is 6.20 Å². The summed E-state index contributed by atoms with van der Waals surface area (Å²) >= 11 is 6.14. The maximum atomic E-state index is 6.14. The Balaban J connectivity index is 1.31. The van der Waals surface area contributed by atoms with E-state index < -0.39 is 11.6 Å². The van der Waals surface area contributed by atoms with Crippen LogP contribution in [0, 0.1) is 0 Å². The summed E-state index contributed by atoms with van der Waals surface area (Å²) in [5, 5.41) is 8.65. The molecule has 1 saturated carbocycles. The molecule has 180 valence electrons. The quantitative estimate of drug-likeness (QED) is 0.374. The van der Waals surface area contributed by atoms with Crippen LogP contribution in [-0.2, 0) is 19.6 Å². The average molecular weight is 484 g/mol. The van der Waals surface area contributed by atoms with Crippen LogP contribution < -0.4 is 10.6 Å². The number of pyridine rings is 1. The van der Waals surface area contributed by atoms with Gasteiger partial charge in [-0.15, -0.1) is 0 Å². The van der Waals surface area contributed by atoms with Gasteiger partial charge in [0, 0.05) is 35.1 Å². The summed E-state index contributed by atoms with van der Waals surface area (Å²) in [5.74, 6) is -1.93. The Kier molecular flexibility index (Phi) is 6.64. The summed E-state index contributed by atoms with van der Waals surface area (Å²) < 4.78 is 0. The van der Waals surface area contributed by atoms with Gasteiger partial charge in [0.15, 0.2) is 0 Å². The average Bonchev–Trinajstić information content (AvgIpc) is 3.08. The standard InChI is InChI=1S/C26H30ClN3O4/c1-18(25(2)31-33-26(34-32-25)14-7-3-4-8-15-26)29-22-9-5-6-10-23(22)30-21-13-16-28-24-17-19(27)11-12-20(21)24/h5-6,9-13,16-18,29H,3-4,7-8,14-15H2,1-2H3,(H,28,30). The lowest BCUT2D eigenvalue weighted by atomic mass is 10.1. The molecular formula is C26H30ClN3O4. The first kappa shape index (κ1) is 23.3. The van der Waals surface area contributed by atoms with Crippen LogP contribution in [0.1, 0.15) is 52.4 Å². The Hall–Kier alpha value is -2.42. The minimum atomic E-state index is -1.12. The van der Waals surface area contributed by atoms with Crippen LogP contribution in [-0.4, -0.2) is 22.6 Å². The summed E-state index contributed by atoms with van der Waals surface area (Å²) in [5.41, 5.74) is 3.55. The van der Waals surface area contributed by atoms with Crippen molar-refractivity contribution in [3.05, 3.63) is 59.8 Å². The molecule has 2 fully saturated rings. The van der Waals surface area contributed by atoms with E-state index in [0.717, 1.165) is 53.6 Å². The van der Waals surface area contributed by atoms with Gasteiger partial charge in [0.2, 0.25) is 5.79 Å². The molecular weight excluding hydrogens is 454 g/mol. The fourth-order valence-corrected chi connectivity index (χ4v) is 4.55. The van der Waals surface area contributed by atoms with Gasteiger partial charge in [0.25, 0.3) is 5.79 Å². The number of fused-ring (bicyclic) bond motifs is 1. The smallest absolute Gasteiger partial charge is 0.250 e. The van der Waals surface area contributed by atoms with Crippen molar-refractivity contribution in [2.45, 2.75) is 70.0 Å². The monoisotopic (exact) mass is 483 g/mol. The first-order chi connectivity index (χ1) is 16.5. The number of aromatic nitrogens is 1. The molecule has 7 nitrogen and oxygen atoms in total. The molecule has 8 heteroatoms. The van der Waals surface area contributed by atoms with Gasteiger partial charge < -0.3 is 10.6 Å². The lowest BCUT2D eigenvalue weighted by molar-refractivity contribution is -0.656. The number of rotatable bonds is 5. The van der Waals surface area contributed by atoms with Gasteiger partial charge in [0.1, 0.15) is 0 Å². The van der Waals surface area contributed by atoms with Crippen LogP contribution in [0.5, 0.6) is 0 Å². The van der Waals surface area contributed by atoms with E-state index in [1.165, 1.54) is 12.8 Å². The SMILES string of the molecule is CC(Nc1ccccc1Nc1ccnc2cc(Cl)ccc12)C1(C)OOC2(CCCCCC2)OO1. The van der Waals surface area contributed by atoms with Gasteiger partial charge >= 0.3 is 0 Å². The molecule has 3 aromatic rings. The lowest BCUT2D eigenvalue weighted by Gasteiger charge is -2.43. The zero-order valence-electron chi connectivity index (χ0n) is 19.5. The van der Waals surface area contributed by atoms with Crippen LogP contribution in [0.15, 0.2) is 54.7 Å². The number of hydrogen-bond acceptors (Lipinski definition) is 7. The van der Waals surface area contributed by atoms with Crippen molar-refractivity contribution >= 4 is 39.6 Å². The molecule has 1 aliphatic carbocycles. The first-order valence-corrected chi connectivity index (χ1v) is 12.2. The van der Waals surface area contributed by atoms with E-state index in [2.05, 4.69) is 15.6 Å². The Labute approximate surface area is 204 Å². The van der Waals surface area contributed by atoms with Crippen molar-refractivity contribution in [1.82, 2.24) is 4.98 Å². The van der Waals surface area contributed by atoms with Crippen LogP contribution in [0.4, 0.5) is 17.1 Å². The summed E-state index contributed by atoms with van der Waals surface area (Å²) in [7, 11) is 0. The largest absolute Gasteiger partial charge is 0.375 e. The van der Waals surface area contributed by atoms with Crippen LogP contribution in [0.3, 0.4) is 0 Å². The highest BCUT2D eigenvalue weighted by molar-refractivity contribution is 6.31. The molecule has 1 saturated heterocycles. The third-order valence-corrected chi connectivity index (χ3v) is 6.88. The second kappa shape index (κ2) is 9.68. The third kappa shape index (κ3) is 4.85. The van der Waals surface area contributed by atoms with Crippen molar-refractivity contribution in [2.75, 3.05) is 10.6 Å². The van der Waals surface area contributed by atoms with Gasteiger partial charge in [-0.2, -0.15) is 19.6 Å². The normalized spacial score (nSPS) is 20.6. The Morgan fingerprint density at radius 2 is 1.59 bits per heavy atom. The highest BCUT2D eigenvalue weighted by Crippen LogP contribution is 2.40. The van der Waals surface area contributed by atoms with E-state index >= 15 is 0 Å². The molecule has 2 aromatic carbocycles. The number of hydrogen-bond donors (Lipinski definition) is 2. The van der Waals surface area contributed by atoms with E-state index in [-0.39, 0.29) is 6.04 Å². The summed E-state index contributed by atoms with van der Waals surface area (Å²) in [6, 6.07) is 15.3. The molecule has 0 bridgehead atoms. The maximum absolute atomic E-state index is 6.14. The number of benzene rings is 2. The fourth-order valence-electron chi connectivity index (χ4n) is 4.38. The third-order valence-electron chi connectivity index (χ3n) is 6.64. The van der Waals surface area contributed by atoms with E-state index in [1.807, 2.05) is 62.4 Å². The maximum Gasteiger partial charge on any atom is 0.250 e. The van der Waals surface area contributed by atoms with Gasteiger partial charge in [-0.25, -0.2) is 0 Å². The van der Waals surface area contributed by atoms with Crippen molar-refractivity contribution in [1.29, 1.82) is 0 Å². The zero-order chi connectivity index (χ0) is 23.6. The minimum absolute atomic E-state index is 0.286. The van der Waals surface area contributed by atoms with E-state index in [9.17, 15) is 0 Å². The Morgan fingerprint density at radius 3 is 2.32 bits per heavy atom. The van der Waals surface area contributed by atoms with Crippen LogP contribution >= 0.6 is 11.6 Å². The second-order valence-corrected chi connectivity index (χ2v) is 9.67. The second-order valence-electron chi connectivity index (χ2n) is 9.23. The molecule has 0 amide bonds. The van der Waals surface area contributed by atoms with Crippen molar-refractivity contribution in [3.8, 4) is 0 Å².